The van der Waals surface area contributed by atoms with Crippen LogP contribution in [0.15, 0.2) is 42.5 Å². The fraction of sp³-hybridized carbons (Fsp3) is 0.500. The first-order valence-electron chi connectivity index (χ1n) is 8.97. The lowest BCUT2D eigenvalue weighted by Gasteiger charge is -2.51. The summed E-state index contributed by atoms with van der Waals surface area (Å²) in [5.41, 5.74) is 1.37. The van der Waals surface area contributed by atoms with E-state index >= 15 is 0 Å². The van der Waals surface area contributed by atoms with E-state index in [4.69, 9.17) is 0 Å². The molecule has 1 heterocycles. The molecule has 1 aliphatic carbocycles. The average Bonchev–Trinajstić information content (AvgIpc) is 2.62. The Morgan fingerprint density at radius 2 is 1.70 bits per heavy atom. The van der Waals surface area contributed by atoms with Gasteiger partial charge in [0.05, 0.1) is 6.61 Å². The number of aliphatic hydroxyl groups is 1. The quantitative estimate of drug-likeness (QED) is 0.942. The van der Waals surface area contributed by atoms with Crippen molar-refractivity contribution in [1.82, 2.24) is 4.90 Å². The van der Waals surface area contributed by atoms with Crippen LogP contribution < -0.4 is 4.90 Å². The van der Waals surface area contributed by atoms with Gasteiger partial charge in [-0.05, 0) is 35.7 Å². The minimum absolute atomic E-state index is 0.277. The summed E-state index contributed by atoms with van der Waals surface area (Å²) in [5, 5.41) is 12.0. The summed E-state index contributed by atoms with van der Waals surface area (Å²) in [7, 11) is 0. The predicted octanol–water partition coefficient (Wildman–Crippen LogP) is 3.27. The zero-order valence-corrected chi connectivity index (χ0v) is 13.7. The molecule has 0 aromatic heterocycles. The van der Waals surface area contributed by atoms with Crippen LogP contribution in [0, 0.1) is 0 Å². The SMILES string of the molecule is OCCN1CCN(c2ccc3ccccc3c2)C2CCCCC21. The van der Waals surface area contributed by atoms with Crippen LogP contribution in [0.1, 0.15) is 25.7 Å². The molecule has 2 aromatic rings. The molecule has 122 valence electrons. The van der Waals surface area contributed by atoms with Gasteiger partial charge in [0.1, 0.15) is 0 Å². The highest BCUT2D eigenvalue weighted by Gasteiger charge is 2.37. The third-order valence-electron chi connectivity index (χ3n) is 5.64. The molecule has 0 radical (unpaired) electrons. The second-order valence-electron chi connectivity index (χ2n) is 6.90. The Morgan fingerprint density at radius 1 is 0.913 bits per heavy atom. The average molecular weight is 310 g/mol. The summed E-state index contributed by atoms with van der Waals surface area (Å²) in [6.45, 7) is 3.24. The van der Waals surface area contributed by atoms with Crippen LogP contribution in [0.3, 0.4) is 0 Å². The van der Waals surface area contributed by atoms with Gasteiger partial charge in [-0.2, -0.15) is 0 Å². The predicted molar refractivity (Wildman–Crippen MR) is 96.0 cm³/mol. The maximum Gasteiger partial charge on any atom is 0.0558 e. The molecule has 1 saturated carbocycles. The Hall–Kier alpha value is -1.58. The zero-order valence-electron chi connectivity index (χ0n) is 13.7. The lowest BCUT2D eigenvalue weighted by Crippen LogP contribution is -2.61. The number of hydrogen-bond donors (Lipinski definition) is 1. The molecule has 0 amide bonds. The second kappa shape index (κ2) is 6.50. The minimum Gasteiger partial charge on any atom is -0.395 e. The van der Waals surface area contributed by atoms with Crippen LogP contribution in [0.4, 0.5) is 5.69 Å². The van der Waals surface area contributed by atoms with E-state index in [2.05, 4.69) is 52.3 Å². The number of hydrogen-bond acceptors (Lipinski definition) is 3. The van der Waals surface area contributed by atoms with Crippen molar-refractivity contribution in [3.8, 4) is 0 Å². The molecule has 0 spiro atoms. The van der Waals surface area contributed by atoms with E-state index in [-0.39, 0.29) is 6.61 Å². The summed E-state index contributed by atoms with van der Waals surface area (Å²) in [4.78, 5) is 5.14. The summed E-state index contributed by atoms with van der Waals surface area (Å²) in [6, 6.07) is 16.7. The van der Waals surface area contributed by atoms with Crippen molar-refractivity contribution in [3.05, 3.63) is 42.5 Å². The fourth-order valence-electron chi connectivity index (χ4n) is 4.53. The van der Waals surface area contributed by atoms with E-state index in [1.807, 2.05) is 0 Å². The molecule has 4 rings (SSSR count). The van der Waals surface area contributed by atoms with Gasteiger partial charge in [0.25, 0.3) is 0 Å². The van der Waals surface area contributed by atoms with Crippen LogP contribution in [0.25, 0.3) is 10.8 Å². The third-order valence-corrected chi connectivity index (χ3v) is 5.64. The summed E-state index contributed by atoms with van der Waals surface area (Å²) in [5.74, 6) is 0. The van der Waals surface area contributed by atoms with Gasteiger partial charge in [0, 0.05) is 37.4 Å². The van der Waals surface area contributed by atoms with E-state index in [0.29, 0.717) is 12.1 Å². The molecule has 1 N–H and O–H groups in total. The summed E-state index contributed by atoms with van der Waals surface area (Å²) < 4.78 is 0. The van der Waals surface area contributed by atoms with Gasteiger partial charge in [-0.3, -0.25) is 4.90 Å². The van der Waals surface area contributed by atoms with Crippen molar-refractivity contribution in [2.45, 2.75) is 37.8 Å². The minimum atomic E-state index is 0.277. The smallest absolute Gasteiger partial charge is 0.0558 e. The molecule has 3 nitrogen and oxygen atoms in total. The van der Waals surface area contributed by atoms with E-state index in [1.165, 1.54) is 42.1 Å². The highest BCUT2D eigenvalue weighted by Crippen LogP contribution is 2.34. The van der Waals surface area contributed by atoms with Crippen molar-refractivity contribution in [2.24, 2.45) is 0 Å². The molecule has 3 heteroatoms. The standard InChI is InChI=1S/C20H26N2O/c23-14-13-21-11-12-22(20-8-4-3-7-19(20)21)18-10-9-16-5-1-2-6-17(16)15-18/h1-2,5-6,9-10,15,19-20,23H,3-4,7-8,11-14H2. The normalized spacial score (nSPS) is 25.5. The maximum atomic E-state index is 9.35. The highest BCUT2D eigenvalue weighted by atomic mass is 16.3. The van der Waals surface area contributed by atoms with Crippen LogP contribution >= 0.6 is 0 Å². The van der Waals surface area contributed by atoms with Gasteiger partial charge < -0.3 is 10.0 Å². The zero-order chi connectivity index (χ0) is 15.6. The van der Waals surface area contributed by atoms with Crippen molar-refractivity contribution in [2.75, 3.05) is 31.1 Å². The van der Waals surface area contributed by atoms with E-state index in [0.717, 1.165) is 19.6 Å². The van der Waals surface area contributed by atoms with Gasteiger partial charge in [0.15, 0.2) is 0 Å². The van der Waals surface area contributed by atoms with Crippen LogP contribution in [-0.4, -0.2) is 48.3 Å². The molecule has 2 unspecified atom stereocenters. The number of aliphatic hydroxyl groups excluding tert-OH is 1. The highest BCUT2D eigenvalue weighted by molar-refractivity contribution is 5.86. The lowest BCUT2D eigenvalue weighted by atomic mass is 9.86. The molecule has 0 bridgehead atoms. The van der Waals surface area contributed by atoms with Crippen molar-refractivity contribution < 1.29 is 5.11 Å². The molecular weight excluding hydrogens is 284 g/mol. The molecule has 23 heavy (non-hydrogen) atoms. The van der Waals surface area contributed by atoms with Crippen molar-refractivity contribution in [3.63, 3.8) is 0 Å². The van der Waals surface area contributed by atoms with Gasteiger partial charge >= 0.3 is 0 Å². The van der Waals surface area contributed by atoms with Crippen molar-refractivity contribution >= 4 is 16.5 Å². The molecule has 1 saturated heterocycles. The Labute approximate surface area is 138 Å². The first kappa shape index (κ1) is 15.0. The van der Waals surface area contributed by atoms with Crippen LogP contribution in [0.2, 0.25) is 0 Å². The summed E-state index contributed by atoms with van der Waals surface area (Å²) in [6.07, 6.45) is 5.21. The van der Waals surface area contributed by atoms with E-state index < -0.39 is 0 Å². The topological polar surface area (TPSA) is 26.7 Å². The number of rotatable bonds is 3. The Morgan fingerprint density at radius 3 is 2.52 bits per heavy atom. The van der Waals surface area contributed by atoms with Crippen LogP contribution in [0.5, 0.6) is 0 Å². The van der Waals surface area contributed by atoms with E-state index in [1.54, 1.807) is 0 Å². The molecule has 1 aliphatic heterocycles. The Bertz CT molecular complexity index is 671. The number of anilines is 1. The number of piperazine rings is 1. The summed E-state index contributed by atoms with van der Waals surface area (Å²) >= 11 is 0. The van der Waals surface area contributed by atoms with E-state index in [9.17, 15) is 5.11 Å². The lowest BCUT2D eigenvalue weighted by molar-refractivity contribution is 0.0867. The van der Waals surface area contributed by atoms with Crippen molar-refractivity contribution in [1.29, 1.82) is 0 Å². The van der Waals surface area contributed by atoms with Crippen LogP contribution in [-0.2, 0) is 0 Å². The van der Waals surface area contributed by atoms with Gasteiger partial charge in [0.2, 0.25) is 0 Å². The van der Waals surface area contributed by atoms with Gasteiger partial charge in [-0.1, -0.05) is 43.2 Å². The molecule has 2 fully saturated rings. The third kappa shape index (κ3) is 2.84. The monoisotopic (exact) mass is 310 g/mol. The number of nitrogens with zero attached hydrogens (tertiary/aromatic N) is 2. The second-order valence-corrected chi connectivity index (χ2v) is 6.90. The largest absolute Gasteiger partial charge is 0.395 e. The maximum absolute atomic E-state index is 9.35. The molecule has 2 atom stereocenters. The molecular formula is C20H26N2O. The first-order valence-corrected chi connectivity index (χ1v) is 8.97. The Kier molecular flexibility index (Phi) is 4.23. The number of fused-ring (bicyclic) bond motifs is 2. The molecule has 2 aliphatic rings. The number of β-amino-alcohol motifs (C(OH)–C–C–N with tert-alkyl or cyclic N) is 1. The van der Waals surface area contributed by atoms with Gasteiger partial charge in [-0.25, -0.2) is 0 Å². The Balaban J connectivity index is 1.64. The number of benzene rings is 2. The molecule has 2 aromatic carbocycles. The van der Waals surface area contributed by atoms with Gasteiger partial charge in [-0.15, -0.1) is 0 Å². The fourth-order valence-corrected chi connectivity index (χ4v) is 4.53. The first-order chi connectivity index (χ1) is 11.4.